The maximum atomic E-state index is 9.03. The molecule has 17 heavy (non-hydrogen) atoms. The summed E-state index contributed by atoms with van der Waals surface area (Å²) in [6, 6.07) is 3.89. The van der Waals surface area contributed by atoms with Crippen molar-refractivity contribution in [2.24, 2.45) is 0 Å². The summed E-state index contributed by atoms with van der Waals surface area (Å²) >= 11 is 0. The largest absolute Gasteiger partial charge is 0.472 e. The van der Waals surface area contributed by atoms with Gasteiger partial charge in [0.25, 0.3) is 0 Å². The number of anilines is 1. The lowest BCUT2D eigenvalue weighted by molar-refractivity contribution is 0.281. The molecule has 90 valence electrons. The SMILES string of the molecule is Cc1cc(CO)cnc1N(C)Cc1ccoc1. The topological polar surface area (TPSA) is 49.5 Å². The lowest BCUT2D eigenvalue weighted by atomic mass is 10.2. The normalized spacial score (nSPS) is 10.5. The van der Waals surface area contributed by atoms with Gasteiger partial charge < -0.3 is 14.4 Å². The molecule has 0 unspecified atom stereocenters. The van der Waals surface area contributed by atoms with Gasteiger partial charge >= 0.3 is 0 Å². The number of rotatable bonds is 4. The Hall–Kier alpha value is -1.81. The molecular formula is C13H16N2O2. The zero-order valence-electron chi connectivity index (χ0n) is 10.1. The first-order valence-electron chi connectivity index (χ1n) is 5.49. The van der Waals surface area contributed by atoms with Gasteiger partial charge in [-0.2, -0.15) is 0 Å². The molecule has 0 saturated heterocycles. The Morgan fingerprint density at radius 2 is 2.24 bits per heavy atom. The van der Waals surface area contributed by atoms with Crippen molar-refractivity contribution >= 4 is 5.82 Å². The van der Waals surface area contributed by atoms with Gasteiger partial charge in [-0.15, -0.1) is 0 Å². The predicted octanol–water partition coefficient (Wildman–Crippen LogP) is 2.11. The number of hydrogen-bond acceptors (Lipinski definition) is 4. The molecule has 0 aliphatic heterocycles. The van der Waals surface area contributed by atoms with Crippen LogP contribution in [0.1, 0.15) is 16.7 Å². The minimum atomic E-state index is 0.0273. The molecule has 2 aromatic rings. The number of aliphatic hydroxyl groups is 1. The van der Waals surface area contributed by atoms with Crippen molar-refractivity contribution in [1.82, 2.24) is 4.98 Å². The molecule has 0 aromatic carbocycles. The number of furan rings is 1. The van der Waals surface area contributed by atoms with E-state index in [0.717, 1.165) is 29.1 Å². The average Bonchev–Trinajstić information content (AvgIpc) is 2.81. The predicted molar refractivity (Wildman–Crippen MR) is 65.7 cm³/mol. The van der Waals surface area contributed by atoms with Gasteiger partial charge in [-0.3, -0.25) is 0 Å². The van der Waals surface area contributed by atoms with Crippen molar-refractivity contribution in [2.75, 3.05) is 11.9 Å². The van der Waals surface area contributed by atoms with Crippen LogP contribution in [0.3, 0.4) is 0 Å². The molecule has 0 amide bonds. The molecule has 0 spiro atoms. The van der Waals surface area contributed by atoms with E-state index in [1.165, 1.54) is 0 Å². The molecule has 0 bridgehead atoms. The smallest absolute Gasteiger partial charge is 0.131 e. The van der Waals surface area contributed by atoms with Gasteiger partial charge in [0.2, 0.25) is 0 Å². The third-order valence-corrected chi connectivity index (χ3v) is 2.65. The van der Waals surface area contributed by atoms with E-state index in [1.807, 2.05) is 26.1 Å². The number of nitrogens with zero attached hydrogens (tertiary/aromatic N) is 2. The lowest BCUT2D eigenvalue weighted by Gasteiger charge is -2.19. The van der Waals surface area contributed by atoms with Gasteiger partial charge in [0.1, 0.15) is 5.82 Å². The van der Waals surface area contributed by atoms with Crippen LogP contribution in [-0.2, 0) is 13.2 Å². The monoisotopic (exact) mass is 232 g/mol. The number of aromatic nitrogens is 1. The van der Waals surface area contributed by atoms with Crippen molar-refractivity contribution in [3.63, 3.8) is 0 Å². The summed E-state index contributed by atoms with van der Waals surface area (Å²) in [7, 11) is 1.99. The quantitative estimate of drug-likeness (QED) is 0.877. The van der Waals surface area contributed by atoms with E-state index in [9.17, 15) is 0 Å². The molecule has 1 N–H and O–H groups in total. The molecule has 0 radical (unpaired) electrons. The van der Waals surface area contributed by atoms with E-state index in [2.05, 4.69) is 9.88 Å². The fourth-order valence-electron chi connectivity index (χ4n) is 1.84. The van der Waals surface area contributed by atoms with Crippen molar-refractivity contribution < 1.29 is 9.52 Å². The molecule has 2 aromatic heterocycles. The van der Waals surface area contributed by atoms with Crippen LogP contribution in [0.4, 0.5) is 5.82 Å². The van der Waals surface area contributed by atoms with Crippen LogP contribution < -0.4 is 4.90 Å². The van der Waals surface area contributed by atoms with Crippen LogP contribution in [0, 0.1) is 6.92 Å². The van der Waals surface area contributed by atoms with Crippen LogP contribution in [0.15, 0.2) is 35.3 Å². The van der Waals surface area contributed by atoms with Crippen LogP contribution in [0.5, 0.6) is 0 Å². The molecule has 2 heterocycles. The number of aryl methyl sites for hydroxylation is 1. The molecule has 0 fully saturated rings. The number of hydrogen-bond donors (Lipinski definition) is 1. The third-order valence-electron chi connectivity index (χ3n) is 2.65. The maximum Gasteiger partial charge on any atom is 0.131 e. The standard InChI is InChI=1S/C13H16N2O2/c1-10-5-12(8-16)6-14-13(10)15(2)7-11-3-4-17-9-11/h3-6,9,16H,7-8H2,1-2H3. The Morgan fingerprint density at radius 1 is 1.41 bits per heavy atom. The van der Waals surface area contributed by atoms with E-state index in [1.54, 1.807) is 18.7 Å². The van der Waals surface area contributed by atoms with Gasteiger partial charge in [-0.1, -0.05) is 0 Å². The Labute approximate surface area is 101 Å². The molecule has 0 saturated carbocycles. The number of aliphatic hydroxyl groups excluding tert-OH is 1. The van der Waals surface area contributed by atoms with E-state index >= 15 is 0 Å². The van der Waals surface area contributed by atoms with Crippen molar-refractivity contribution in [2.45, 2.75) is 20.1 Å². The summed E-state index contributed by atoms with van der Waals surface area (Å²) in [5.41, 5.74) is 3.01. The van der Waals surface area contributed by atoms with Crippen LogP contribution >= 0.6 is 0 Å². The highest BCUT2D eigenvalue weighted by atomic mass is 16.3. The van der Waals surface area contributed by atoms with E-state index in [-0.39, 0.29) is 6.61 Å². The minimum absolute atomic E-state index is 0.0273. The minimum Gasteiger partial charge on any atom is -0.472 e. The molecular weight excluding hydrogens is 216 g/mol. The zero-order chi connectivity index (χ0) is 12.3. The van der Waals surface area contributed by atoms with Crippen LogP contribution in [0.25, 0.3) is 0 Å². The highest BCUT2D eigenvalue weighted by Gasteiger charge is 2.08. The summed E-state index contributed by atoms with van der Waals surface area (Å²) < 4.78 is 5.04. The summed E-state index contributed by atoms with van der Waals surface area (Å²) in [5, 5.41) is 9.03. The van der Waals surface area contributed by atoms with Crippen molar-refractivity contribution in [3.8, 4) is 0 Å². The van der Waals surface area contributed by atoms with E-state index < -0.39 is 0 Å². The van der Waals surface area contributed by atoms with E-state index in [0.29, 0.717) is 0 Å². The van der Waals surface area contributed by atoms with Gasteiger partial charge in [-0.05, 0) is 30.2 Å². The second kappa shape index (κ2) is 5.01. The summed E-state index contributed by atoms with van der Waals surface area (Å²) in [5.74, 6) is 0.920. The summed E-state index contributed by atoms with van der Waals surface area (Å²) in [6.45, 7) is 2.77. The maximum absolute atomic E-state index is 9.03. The second-order valence-electron chi connectivity index (χ2n) is 4.13. The molecule has 2 rings (SSSR count). The molecule has 0 atom stereocenters. The Kier molecular flexibility index (Phi) is 3.44. The summed E-state index contributed by atoms with van der Waals surface area (Å²) in [6.07, 6.45) is 5.10. The van der Waals surface area contributed by atoms with Gasteiger partial charge in [0.15, 0.2) is 0 Å². The fourth-order valence-corrected chi connectivity index (χ4v) is 1.84. The van der Waals surface area contributed by atoms with E-state index in [4.69, 9.17) is 9.52 Å². The lowest BCUT2D eigenvalue weighted by Crippen LogP contribution is -2.18. The second-order valence-corrected chi connectivity index (χ2v) is 4.13. The highest BCUT2D eigenvalue weighted by Crippen LogP contribution is 2.18. The van der Waals surface area contributed by atoms with Crippen molar-refractivity contribution in [1.29, 1.82) is 0 Å². The Balaban J connectivity index is 2.16. The first-order valence-corrected chi connectivity index (χ1v) is 5.49. The van der Waals surface area contributed by atoms with Crippen molar-refractivity contribution in [3.05, 3.63) is 47.5 Å². The molecule has 0 aliphatic carbocycles. The fraction of sp³-hybridized carbons (Fsp3) is 0.308. The molecule has 0 aliphatic rings. The highest BCUT2D eigenvalue weighted by molar-refractivity contribution is 5.47. The zero-order valence-corrected chi connectivity index (χ0v) is 10.1. The third kappa shape index (κ3) is 2.65. The Morgan fingerprint density at radius 3 is 2.82 bits per heavy atom. The van der Waals surface area contributed by atoms with Crippen LogP contribution in [-0.4, -0.2) is 17.1 Å². The van der Waals surface area contributed by atoms with Gasteiger partial charge in [0, 0.05) is 25.4 Å². The first-order chi connectivity index (χ1) is 8.20. The van der Waals surface area contributed by atoms with Gasteiger partial charge in [0.05, 0.1) is 19.1 Å². The summed E-state index contributed by atoms with van der Waals surface area (Å²) in [4.78, 5) is 6.42. The average molecular weight is 232 g/mol. The Bertz CT molecular complexity index is 480. The molecule has 4 nitrogen and oxygen atoms in total. The first kappa shape index (κ1) is 11.7. The van der Waals surface area contributed by atoms with Gasteiger partial charge in [-0.25, -0.2) is 4.98 Å². The van der Waals surface area contributed by atoms with Crippen LogP contribution in [0.2, 0.25) is 0 Å². The number of pyridine rings is 1. The molecule has 4 heteroatoms.